The third kappa shape index (κ3) is 5.30. The van der Waals surface area contributed by atoms with Gasteiger partial charge in [-0.1, -0.05) is 19.9 Å². The average Bonchev–Trinajstić information content (AvgIpc) is 3.49. The fourth-order valence-corrected chi connectivity index (χ4v) is 5.82. The first-order valence-corrected chi connectivity index (χ1v) is 13.0. The van der Waals surface area contributed by atoms with E-state index in [4.69, 9.17) is 14.5 Å². The highest BCUT2D eigenvalue weighted by Gasteiger charge is 2.19. The Morgan fingerprint density at radius 1 is 1.21 bits per heavy atom. The number of thiazole rings is 1. The SMILES string of the molecule is COC(=O)c1cc(-c2cccs2)ncc1Nc1nc(-c2ccc(OC)c(P)c2)c(CC(C)C)s1. The Kier molecular flexibility index (Phi) is 7.61. The minimum atomic E-state index is -0.426. The van der Waals surface area contributed by atoms with Crippen LogP contribution in [-0.2, 0) is 11.2 Å². The van der Waals surface area contributed by atoms with E-state index in [0.717, 1.165) is 39.3 Å². The number of hydrogen-bond acceptors (Lipinski definition) is 8. The molecule has 0 aliphatic carbocycles. The Hall–Kier alpha value is -2.80. The molecule has 4 aromatic rings. The summed E-state index contributed by atoms with van der Waals surface area (Å²) in [4.78, 5) is 24.2. The highest BCUT2D eigenvalue weighted by Crippen LogP contribution is 2.36. The molecule has 0 aliphatic heterocycles. The fourth-order valence-electron chi connectivity index (χ4n) is 3.53. The lowest BCUT2D eigenvalue weighted by atomic mass is 10.0. The molecule has 0 bridgehead atoms. The van der Waals surface area contributed by atoms with Crippen LogP contribution in [0.25, 0.3) is 21.8 Å². The van der Waals surface area contributed by atoms with Crippen molar-refractivity contribution >= 4 is 54.0 Å². The van der Waals surface area contributed by atoms with E-state index in [1.165, 1.54) is 12.0 Å². The number of hydrogen-bond donors (Lipinski definition) is 1. The van der Waals surface area contributed by atoms with Crippen LogP contribution in [0.15, 0.2) is 48.0 Å². The summed E-state index contributed by atoms with van der Waals surface area (Å²) >= 11 is 3.16. The monoisotopic (exact) mass is 511 g/mol. The molecule has 0 radical (unpaired) electrons. The summed E-state index contributed by atoms with van der Waals surface area (Å²) in [5.74, 6) is 0.857. The van der Waals surface area contributed by atoms with Crippen LogP contribution in [0.1, 0.15) is 29.1 Å². The first-order chi connectivity index (χ1) is 16.4. The lowest BCUT2D eigenvalue weighted by molar-refractivity contribution is 0.0602. The predicted molar refractivity (Wildman–Crippen MR) is 144 cm³/mol. The maximum absolute atomic E-state index is 12.6. The number of anilines is 2. The molecule has 3 aromatic heterocycles. The van der Waals surface area contributed by atoms with E-state index < -0.39 is 5.97 Å². The zero-order valence-corrected chi connectivity index (χ0v) is 22.2. The van der Waals surface area contributed by atoms with E-state index >= 15 is 0 Å². The van der Waals surface area contributed by atoms with Gasteiger partial charge in [0.25, 0.3) is 0 Å². The molecule has 6 nitrogen and oxygen atoms in total. The smallest absolute Gasteiger partial charge is 0.340 e. The molecule has 0 saturated carbocycles. The van der Waals surface area contributed by atoms with E-state index in [1.54, 1.807) is 42.0 Å². The lowest BCUT2D eigenvalue weighted by Crippen LogP contribution is -2.07. The van der Waals surface area contributed by atoms with E-state index in [0.29, 0.717) is 22.3 Å². The fraction of sp³-hybridized carbons (Fsp3) is 0.240. The third-order valence-electron chi connectivity index (χ3n) is 5.12. The van der Waals surface area contributed by atoms with Crippen LogP contribution in [0.4, 0.5) is 10.8 Å². The number of benzene rings is 1. The van der Waals surface area contributed by atoms with Gasteiger partial charge in [0.05, 0.1) is 47.9 Å². The quantitative estimate of drug-likeness (QED) is 0.225. The van der Waals surface area contributed by atoms with Crippen LogP contribution in [0.5, 0.6) is 5.75 Å². The Labute approximate surface area is 209 Å². The van der Waals surface area contributed by atoms with Crippen molar-refractivity contribution in [1.29, 1.82) is 0 Å². The molecule has 3 heterocycles. The number of rotatable bonds is 8. The van der Waals surface area contributed by atoms with Crippen LogP contribution in [0.2, 0.25) is 0 Å². The Morgan fingerprint density at radius 3 is 2.68 bits per heavy atom. The standard InChI is InChI=1S/C25H26N3O3PS2/c1-14(2)10-22-23(15-7-8-19(30-3)20(32)11-15)28-25(34-22)27-18-13-26-17(21-6-5-9-33-21)12-16(18)24(29)31-4/h5-9,11-14H,10,32H2,1-4H3,(H,27,28). The summed E-state index contributed by atoms with van der Waals surface area (Å²) in [6.45, 7) is 4.38. The summed E-state index contributed by atoms with van der Waals surface area (Å²) in [6.07, 6.45) is 2.56. The second-order valence-electron chi connectivity index (χ2n) is 8.05. The molecule has 0 aliphatic rings. The number of aromatic nitrogens is 2. The van der Waals surface area contributed by atoms with Crippen molar-refractivity contribution in [2.24, 2.45) is 5.92 Å². The minimum absolute atomic E-state index is 0.416. The number of ether oxygens (including phenoxy) is 2. The number of esters is 1. The summed E-state index contributed by atoms with van der Waals surface area (Å²) in [6, 6.07) is 11.7. The Bertz CT molecular complexity index is 1300. The number of thiophene rings is 1. The van der Waals surface area contributed by atoms with Crippen LogP contribution in [0.3, 0.4) is 0 Å². The van der Waals surface area contributed by atoms with Crippen LogP contribution >= 0.6 is 31.9 Å². The molecule has 0 spiro atoms. The van der Waals surface area contributed by atoms with Crippen molar-refractivity contribution in [3.8, 4) is 27.6 Å². The van der Waals surface area contributed by atoms with Gasteiger partial charge in [0, 0.05) is 15.7 Å². The molecule has 9 heteroatoms. The average molecular weight is 512 g/mol. The molecular weight excluding hydrogens is 485 g/mol. The van der Waals surface area contributed by atoms with Gasteiger partial charge in [-0.25, -0.2) is 9.78 Å². The molecule has 0 fully saturated rings. The highest BCUT2D eigenvalue weighted by atomic mass is 32.1. The Morgan fingerprint density at radius 2 is 2.03 bits per heavy atom. The molecule has 1 N–H and O–H groups in total. The first kappa shape index (κ1) is 24.3. The number of pyridine rings is 1. The molecule has 34 heavy (non-hydrogen) atoms. The molecular formula is C25H26N3O3PS2. The van der Waals surface area contributed by atoms with Crippen molar-refractivity contribution in [3.05, 3.63) is 58.4 Å². The maximum atomic E-state index is 12.6. The van der Waals surface area contributed by atoms with E-state index in [1.807, 2.05) is 29.6 Å². The van der Waals surface area contributed by atoms with Crippen LogP contribution in [0, 0.1) is 5.92 Å². The van der Waals surface area contributed by atoms with Crippen molar-refractivity contribution < 1.29 is 14.3 Å². The third-order valence-corrected chi connectivity index (χ3v) is 7.46. The maximum Gasteiger partial charge on any atom is 0.340 e. The predicted octanol–water partition coefficient (Wildman–Crippen LogP) is 6.17. The van der Waals surface area contributed by atoms with Gasteiger partial charge in [0.1, 0.15) is 5.75 Å². The van der Waals surface area contributed by atoms with Gasteiger partial charge >= 0.3 is 5.97 Å². The number of nitrogens with zero attached hydrogens (tertiary/aromatic N) is 2. The van der Waals surface area contributed by atoms with Crippen LogP contribution < -0.4 is 15.4 Å². The van der Waals surface area contributed by atoms with Crippen molar-refractivity contribution in [1.82, 2.24) is 9.97 Å². The van der Waals surface area contributed by atoms with Gasteiger partial charge in [0.2, 0.25) is 0 Å². The normalized spacial score (nSPS) is 11.0. The molecule has 1 unspecified atom stereocenters. The Balaban J connectivity index is 1.72. The van der Waals surface area contributed by atoms with Gasteiger partial charge in [0.15, 0.2) is 5.13 Å². The molecule has 1 aromatic carbocycles. The van der Waals surface area contributed by atoms with Gasteiger partial charge in [-0.05, 0) is 48.1 Å². The molecule has 176 valence electrons. The number of carbonyl (C=O) groups is 1. The van der Waals surface area contributed by atoms with Crippen molar-refractivity contribution in [2.75, 3.05) is 19.5 Å². The molecule has 1 atom stereocenters. The molecule has 0 saturated heterocycles. The van der Waals surface area contributed by atoms with Gasteiger partial charge in [-0.2, -0.15) is 0 Å². The summed E-state index contributed by atoms with van der Waals surface area (Å²) in [5, 5.41) is 6.97. The molecule has 4 rings (SSSR count). The van der Waals surface area contributed by atoms with E-state index in [-0.39, 0.29) is 0 Å². The van der Waals surface area contributed by atoms with Gasteiger partial charge in [-0.15, -0.1) is 31.9 Å². The van der Waals surface area contributed by atoms with E-state index in [2.05, 4.69) is 39.5 Å². The van der Waals surface area contributed by atoms with E-state index in [9.17, 15) is 4.79 Å². The number of nitrogens with one attached hydrogen (secondary N) is 1. The zero-order valence-electron chi connectivity index (χ0n) is 19.4. The minimum Gasteiger partial charge on any atom is -0.496 e. The number of methoxy groups -OCH3 is 2. The largest absolute Gasteiger partial charge is 0.496 e. The second-order valence-corrected chi connectivity index (χ2v) is 10.7. The summed E-state index contributed by atoms with van der Waals surface area (Å²) in [7, 11) is 5.75. The summed E-state index contributed by atoms with van der Waals surface area (Å²) < 4.78 is 10.4. The summed E-state index contributed by atoms with van der Waals surface area (Å²) in [5.41, 5.74) is 3.65. The zero-order chi connectivity index (χ0) is 24.2. The first-order valence-electron chi connectivity index (χ1n) is 10.7. The second kappa shape index (κ2) is 10.6. The highest BCUT2D eigenvalue weighted by molar-refractivity contribution is 7.27. The van der Waals surface area contributed by atoms with Crippen LogP contribution in [-0.4, -0.2) is 30.2 Å². The lowest BCUT2D eigenvalue weighted by Gasteiger charge is -2.10. The number of carbonyl (C=O) groups excluding carboxylic acids is 1. The topological polar surface area (TPSA) is 73.3 Å². The van der Waals surface area contributed by atoms with Crippen molar-refractivity contribution in [3.63, 3.8) is 0 Å². The van der Waals surface area contributed by atoms with Crippen molar-refractivity contribution in [2.45, 2.75) is 20.3 Å². The van der Waals surface area contributed by atoms with Gasteiger partial charge < -0.3 is 14.8 Å². The van der Waals surface area contributed by atoms with Gasteiger partial charge in [-0.3, -0.25) is 4.98 Å². The molecule has 0 amide bonds.